The van der Waals surface area contributed by atoms with Crippen LogP contribution >= 0.6 is 0 Å². The molecule has 0 saturated carbocycles. The number of rotatable bonds is 6. The Labute approximate surface area is 102 Å². The topological polar surface area (TPSA) is 47.6 Å². The normalized spacial score (nSPS) is 10.1. The van der Waals surface area contributed by atoms with Crippen molar-refractivity contribution in [1.82, 2.24) is 5.32 Å². The smallest absolute Gasteiger partial charge is 0.319 e. The molecule has 0 aliphatic heterocycles. The molecule has 0 aromatic heterocycles. The Morgan fingerprint density at radius 3 is 2.71 bits per heavy atom. The number of methoxy groups -OCH3 is 2. The van der Waals surface area contributed by atoms with E-state index >= 15 is 0 Å². The lowest BCUT2D eigenvalue weighted by Crippen LogP contribution is -2.25. The van der Waals surface area contributed by atoms with E-state index in [2.05, 4.69) is 16.1 Å². The summed E-state index contributed by atoms with van der Waals surface area (Å²) in [6.45, 7) is 3.02. The van der Waals surface area contributed by atoms with Crippen LogP contribution in [0.2, 0.25) is 0 Å². The molecule has 4 nitrogen and oxygen atoms in total. The van der Waals surface area contributed by atoms with Crippen LogP contribution in [-0.4, -0.2) is 33.3 Å². The molecule has 0 radical (unpaired) electrons. The fourth-order valence-electron chi connectivity index (χ4n) is 1.59. The molecular formula is C13H19NO3. The maximum atomic E-state index is 10.9. The third kappa shape index (κ3) is 4.44. The highest BCUT2D eigenvalue weighted by Crippen LogP contribution is 2.18. The molecule has 17 heavy (non-hydrogen) atoms. The number of benzene rings is 1. The maximum absolute atomic E-state index is 10.9. The third-order valence-corrected chi connectivity index (χ3v) is 2.55. The van der Waals surface area contributed by atoms with Crippen molar-refractivity contribution in [1.29, 1.82) is 0 Å². The van der Waals surface area contributed by atoms with E-state index < -0.39 is 0 Å². The number of hydrogen-bond donors (Lipinski definition) is 1. The van der Waals surface area contributed by atoms with Crippen LogP contribution in [-0.2, 0) is 16.0 Å². The predicted molar refractivity (Wildman–Crippen MR) is 66.3 cm³/mol. The van der Waals surface area contributed by atoms with Gasteiger partial charge in [0.2, 0.25) is 0 Å². The summed E-state index contributed by atoms with van der Waals surface area (Å²) in [5.74, 6) is 0.659. The molecule has 0 unspecified atom stereocenters. The monoisotopic (exact) mass is 237 g/mol. The van der Waals surface area contributed by atoms with Gasteiger partial charge in [-0.2, -0.15) is 0 Å². The van der Waals surface area contributed by atoms with Crippen molar-refractivity contribution in [2.75, 3.05) is 27.3 Å². The van der Waals surface area contributed by atoms with Gasteiger partial charge in [0.1, 0.15) is 5.75 Å². The minimum atomic E-state index is -0.240. The summed E-state index contributed by atoms with van der Waals surface area (Å²) in [6, 6.07) is 6.09. The zero-order valence-corrected chi connectivity index (χ0v) is 10.6. The summed E-state index contributed by atoms with van der Waals surface area (Å²) in [4.78, 5) is 10.9. The number of nitrogens with one attached hydrogen (secondary N) is 1. The summed E-state index contributed by atoms with van der Waals surface area (Å²) in [7, 11) is 3.05. The molecule has 0 aliphatic carbocycles. The molecule has 0 heterocycles. The zero-order valence-electron chi connectivity index (χ0n) is 10.6. The second kappa shape index (κ2) is 6.91. The summed E-state index contributed by atoms with van der Waals surface area (Å²) in [5.41, 5.74) is 2.35. The van der Waals surface area contributed by atoms with Gasteiger partial charge >= 0.3 is 5.97 Å². The lowest BCUT2D eigenvalue weighted by molar-refractivity contribution is -0.139. The number of aryl methyl sites for hydroxylation is 1. The zero-order chi connectivity index (χ0) is 12.7. The van der Waals surface area contributed by atoms with Crippen LogP contribution in [0, 0.1) is 6.92 Å². The van der Waals surface area contributed by atoms with Gasteiger partial charge < -0.3 is 14.8 Å². The Hall–Kier alpha value is -1.55. The standard InChI is InChI=1S/C13H19NO3/c1-10-8-11(4-5-12(10)16-2)6-7-14-9-13(15)17-3/h4-5,8,14H,6-7,9H2,1-3H3. The molecule has 0 spiro atoms. The molecule has 0 aliphatic rings. The first-order valence-electron chi connectivity index (χ1n) is 5.58. The highest BCUT2D eigenvalue weighted by molar-refractivity contribution is 5.71. The molecule has 4 heteroatoms. The van der Waals surface area contributed by atoms with Crippen molar-refractivity contribution < 1.29 is 14.3 Å². The number of carbonyl (C=O) groups is 1. The molecule has 0 bridgehead atoms. The molecule has 1 aromatic rings. The molecule has 0 fully saturated rings. The minimum Gasteiger partial charge on any atom is -0.496 e. The van der Waals surface area contributed by atoms with E-state index in [1.165, 1.54) is 12.7 Å². The van der Waals surface area contributed by atoms with E-state index in [4.69, 9.17) is 4.74 Å². The molecule has 1 aromatic carbocycles. The Bertz CT molecular complexity index is 377. The van der Waals surface area contributed by atoms with Crippen molar-refractivity contribution in [3.8, 4) is 5.75 Å². The Morgan fingerprint density at radius 1 is 1.35 bits per heavy atom. The van der Waals surface area contributed by atoms with Crippen molar-refractivity contribution in [2.45, 2.75) is 13.3 Å². The molecule has 0 amide bonds. The Balaban J connectivity index is 2.37. The third-order valence-electron chi connectivity index (χ3n) is 2.55. The second-order valence-corrected chi connectivity index (χ2v) is 3.81. The number of hydrogen-bond acceptors (Lipinski definition) is 4. The largest absolute Gasteiger partial charge is 0.496 e. The van der Waals surface area contributed by atoms with Crippen LogP contribution in [0.4, 0.5) is 0 Å². The van der Waals surface area contributed by atoms with Crippen LogP contribution in [0.5, 0.6) is 5.75 Å². The van der Waals surface area contributed by atoms with Gasteiger partial charge in [0.25, 0.3) is 0 Å². The van der Waals surface area contributed by atoms with E-state index in [-0.39, 0.29) is 12.5 Å². The van der Waals surface area contributed by atoms with Crippen LogP contribution in [0.25, 0.3) is 0 Å². The number of esters is 1. The van der Waals surface area contributed by atoms with Gasteiger partial charge in [0, 0.05) is 0 Å². The molecular weight excluding hydrogens is 218 g/mol. The molecule has 94 valence electrons. The minimum absolute atomic E-state index is 0.240. The lowest BCUT2D eigenvalue weighted by Gasteiger charge is -2.08. The average Bonchev–Trinajstić information content (AvgIpc) is 2.34. The first-order valence-corrected chi connectivity index (χ1v) is 5.58. The van der Waals surface area contributed by atoms with Gasteiger partial charge in [-0.25, -0.2) is 0 Å². The second-order valence-electron chi connectivity index (χ2n) is 3.81. The maximum Gasteiger partial charge on any atom is 0.319 e. The first-order chi connectivity index (χ1) is 8.17. The lowest BCUT2D eigenvalue weighted by atomic mass is 10.1. The van der Waals surface area contributed by atoms with E-state index in [9.17, 15) is 4.79 Å². The van der Waals surface area contributed by atoms with Gasteiger partial charge in [-0.3, -0.25) is 4.79 Å². The molecule has 1 rings (SSSR count). The van der Waals surface area contributed by atoms with Crippen LogP contribution < -0.4 is 10.1 Å². The summed E-state index contributed by atoms with van der Waals surface area (Å²) >= 11 is 0. The Kier molecular flexibility index (Phi) is 5.49. The fourth-order valence-corrected chi connectivity index (χ4v) is 1.59. The van der Waals surface area contributed by atoms with E-state index in [0.717, 1.165) is 24.3 Å². The van der Waals surface area contributed by atoms with Gasteiger partial charge in [0.15, 0.2) is 0 Å². The van der Waals surface area contributed by atoms with Gasteiger partial charge in [-0.1, -0.05) is 12.1 Å². The number of ether oxygens (including phenoxy) is 2. The molecule has 0 saturated heterocycles. The molecule has 0 atom stereocenters. The van der Waals surface area contributed by atoms with E-state index in [1.807, 2.05) is 19.1 Å². The van der Waals surface area contributed by atoms with Gasteiger partial charge in [-0.15, -0.1) is 0 Å². The number of carbonyl (C=O) groups excluding carboxylic acids is 1. The van der Waals surface area contributed by atoms with E-state index in [0.29, 0.717) is 0 Å². The van der Waals surface area contributed by atoms with Crippen molar-refractivity contribution in [3.63, 3.8) is 0 Å². The highest BCUT2D eigenvalue weighted by atomic mass is 16.5. The van der Waals surface area contributed by atoms with Gasteiger partial charge in [-0.05, 0) is 37.1 Å². The van der Waals surface area contributed by atoms with Crippen LogP contribution in [0.1, 0.15) is 11.1 Å². The van der Waals surface area contributed by atoms with Crippen LogP contribution in [0.3, 0.4) is 0 Å². The highest BCUT2D eigenvalue weighted by Gasteiger charge is 2.01. The van der Waals surface area contributed by atoms with Crippen molar-refractivity contribution in [3.05, 3.63) is 29.3 Å². The van der Waals surface area contributed by atoms with Gasteiger partial charge in [0.05, 0.1) is 20.8 Å². The SMILES string of the molecule is COC(=O)CNCCc1ccc(OC)c(C)c1. The quantitative estimate of drug-likeness (QED) is 0.598. The fraction of sp³-hybridized carbons (Fsp3) is 0.462. The van der Waals surface area contributed by atoms with E-state index in [1.54, 1.807) is 7.11 Å². The first kappa shape index (κ1) is 13.5. The predicted octanol–water partition coefficient (Wildman–Crippen LogP) is 1.31. The summed E-state index contributed by atoms with van der Waals surface area (Å²) < 4.78 is 9.73. The van der Waals surface area contributed by atoms with Crippen molar-refractivity contribution in [2.24, 2.45) is 0 Å². The summed E-state index contributed by atoms with van der Waals surface area (Å²) in [5, 5.41) is 3.03. The van der Waals surface area contributed by atoms with Crippen LogP contribution in [0.15, 0.2) is 18.2 Å². The molecule has 1 N–H and O–H groups in total. The van der Waals surface area contributed by atoms with Crippen molar-refractivity contribution >= 4 is 5.97 Å². The Morgan fingerprint density at radius 2 is 2.12 bits per heavy atom. The average molecular weight is 237 g/mol. The summed E-state index contributed by atoms with van der Waals surface area (Å²) in [6.07, 6.45) is 0.877.